The van der Waals surface area contributed by atoms with Crippen LogP contribution in [0.2, 0.25) is 0 Å². The third kappa shape index (κ3) is 3.43. The average molecular weight is 259 g/mol. The summed E-state index contributed by atoms with van der Waals surface area (Å²) in [5.74, 6) is 0. The van der Waals surface area contributed by atoms with Crippen LogP contribution in [0.15, 0.2) is 30.3 Å². The fourth-order valence-electron chi connectivity index (χ4n) is 2.12. The second kappa shape index (κ2) is 6.50. The highest BCUT2D eigenvalue weighted by Gasteiger charge is 2.10. The van der Waals surface area contributed by atoms with Gasteiger partial charge in [-0.05, 0) is 26.5 Å². The molecule has 0 aliphatic carbocycles. The number of benzene rings is 1. The summed E-state index contributed by atoms with van der Waals surface area (Å²) in [5.41, 5.74) is 4.67. The Labute approximate surface area is 114 Å². The van der Waals surface area contributed by atoms with Gasteiger partial charge in [0, 0.05) is 17.8 Å². The maximum atomic E-state index is 5.71. The molecular weight excluding hydrogens is 238 g/mol. The zero-order chi connectivity index (χ0) is 13.7. The second-order valence-corrected chi connectivity index (χ2v) is 4.64. The molecule has 0 atom stereocenters. The van der Waals surface area contributed by atoms with E-state index in [2.05, 4.69) is 29.5 Å². The number of hydrogen-bond donors (Lipinski definition) is 1. The van der Waals surface area contributed by atoms with E-state index in [4.69, 9.17) is 4.74 Å². The normalized spacial score (nSPS) is 10.9. The van der Waals surface area contributed by atoms with Crippen molar-refractivity contribution in [3.05, 3.63) is 52.8 Å². The molecule has 0 aliphatic rings. The lowest BCUT2D eigenvalue weighted by Crippen LogP contribution is -2.09. The maximum Gasteiger partial charge on any atom is 0.140 e. The third-order valence-corrected chi connectivity index (χ3v) is 3.21. The van der Waals surface area contributed by atoms with Crippen molar-refractivity contribution in [3.63, 3.8) is 0 Å². The van der Waals surface area contributed by atoms with E-state index in [0.29, 0.717) is 13.3 Å². The summed E-state index contributed by atoms with van der Waals surface area (Å²) in [6.07, 6.45) is 0. The SMILES string of the molecule is CNCc1c(C)nn(COCc2ccccc2)c1C. The lowest BCUT2D eigenvalue weighted by molar-refractivity contribution is 0.0546. The summed E-state index contributed by atoms with van der Waals surface area (Å²) in [4.78, 5) is 0. The summed E-state index contributed by atoms with van der Waals surface area (Å²) < 4.78 is 7.63. The Kier molecular flexibility index (Phi) is 4.71. The quantitative estimate of drug-likeness (QED) is 0.865. The van der Waals surface area contributed by atoms with Gasteiger partial charge in [-0.1, -0.05) is 30.3 Å². The summed E-state index contributed by atoms with van der Waals surface area (Å²) in [6.45, 7) is 6.06. The van der Waals surface area contributed by atoms with Gasteiger partial charge in [-0.3, -0.25) is 0 Å². The van der Waals surface area contributed by atoms with Crippen molar-refractivity contribution in [2.24, 2.45) is 0 Å². The van der Waals surface area contributed by atoms with Crippen LogP contribution in [0.4, 0.5) is 0 Å². The summed E-state index contributed by atoms with van der Waals surface area (Å²) in [7, 11) is 1.95. The van der Waals surface area contributed by atoms with Crippen molar-refractivity contribution in [3.8, 4) is 0 Å². The minimum atomic E-state index is 0.491. The number of ether oxygens (including phenoxy) is 1. The van der Waals surface area contributed by atoms with Crippen LogP contribution in [0.1, 0.15) is 22.5 Å². The molecule has 0 amide bonds. The van der Waals surface area contributed by atoms with E-state index in [1.54, 1.807) is 0 Å². The van der Waals surface area contributed by atoms with E-state index < -0.39 is 0 Å². The first-order valence-corrected chi connectivity index (χ1v) is 6.51. The fourth-order valence-corrected chi connectivity index (χ4v) is 2.12. The highest BCUT2D eigenvalue weighted by atomic mass is 16.5. The molecule has 0 radical (unpaired) electrons. The Balaban J connectivity index is 1.95. The number of hydrogen-bond acceptors (Lipinski definition) is 3. The molecule has 0 unspecified atom stereocenters. The third-order valence-electron chi connectivity index (χ3n) is 3.21. The van der Waals surface area contributed by atoms with Gasteiger partial charge in [0.15, 0.2) is 0 Å². The highest BCUT2D eigenvalue weighted by molar-refractivity contribution is 5.24. The van der Waals surface area contributed by atoms with Gasteiger partial charge in [-0.25, -0.2) is 4.68 Å². The molecule has 1 heterocycles. The number of aryl methyl sites for hydroxylation is 1. The maximum absolute atomic E-state index is 5.71. The molecule has 0 bridgehead atoms. The molecule has 0 aliphatic heterocycles. The van der Waals surface area contributed by atoms with Crippen molar-refractivity contribution in [2.75, 3.05) is 7.05 Å². The summed E-state index contributed by atoms with van der Waals surface area (Å²) >= 11 is 0. The van der Waals surface area contributed by atoms with Crippen molar-refractivity contribution in [2.45, 2.75) is 33.7 Å². The van der Waals surface area contributed by atoms with E-state index in [-0.39, 0.29) is 0 Å². The monoisotopic (exact) mass is 259 g/mol. The van der Waals surface area contributed by atoms with Gasteiger partial charge in [0.2, 0.25) is 0 Å². The fraction of sp³-hybridized carbons (Fsp3) is 0.400. The second-order valence-electron chi connectivity index (χ2n) is 4.64. The van der Waals surface area contributed by atoms with E-state index in [0.717, 1.165) is 12.2 Å². The number of nitrogens with one attached hydrogen (secondary N) is 1. The average Bonchev–Trinajstić information content (AvgIpc) is 2.68. The molecule has 0 fully saturated rings. The van der Waals surface area contributed by atoms with Gasteiger partial charge in [0.05, 0.1) is 12.3 Å². The first kappa shape index (κ1) is 13.8. The molecule has 4 heteroatoms. The molecule has 19 heavy (non-hydrogen) atoms. The van der Waals surface area contributed by atoms with Crippen LogP contribution in [-0.2, 0) is 24.6 Å². The van der Waals surface area contributed by atoms with Gasteiger partial charge in [-0.2, -0.15) is 5.10 Å². The molecule has 2 aromatic rings. The van der Waals surface area contributed by atoms with Crippen molar-refractivity contribution >= 4 is 0 Å². The van der Waals surface area contributed by atoms with Gasteiger partial charge in [0.25, 0.3) is 0 Å². The van der Waals surface area contributed by atoms with Crippen molar-refractivity contribution in [1.29, 1.82) is 0 Å². The number of rotatable bonds is 6. The Morgan fingerprint density at radius 2 is 1.95 bits per heavy atom. The minimum Gasteiger partial charge on any atom is -0.355 e. The zero-order valence-electron chi connectivity index (χ0n) is 11.8. The first-order valence-electron chi connectivity index (χ1n) is 6.51. The van der Waals surface area contributed by atoms with E-state index in [1.807, 2.05) is 36.9 Å². The molecule has 102 valence electrons. The molecule has 1 aromatic carbocycles. The Morgan fingerprint density at radius 1 is 1.21 bits per heavy atom. The van der Waals surface area contributed by atoms with Gasteiger partial charge in [0.1, 0.15) is 6.73 Å². The molecule has 1 aromatic heterocycles. The summed E-state index contributed by atoms with van der Waals surface area (Å²) in [6, 6.07) is 10.2. The molecular formula is C15H21N3O. The van der Waals surface area contributed by atoms with Gasteiger partial charge >= 0.3 is 0 Å². The van der Waals surface area contributed by atoms with Crippen LogP contribution in [-0.4, -0.2) is 16.8 Å². The molecule has 4 nitrogen and oxygen atoms in total. The smallest absolute Gasteiger partial charge is 0.140 e. The number of nitrogens with zero attached hydrogens (tertiary/aromatic N) is 2. The largest absolute Gasteiger partial charge is 0.355 e. The lowest BCUT2D eigenvalue weighted by Gasteiger charge is -2.07. The predicted octanol–water partition coefficient (Wildman–Crippen LogP) is 2.39. The van der Waals surface area contributed by atoms with E-state index in [1.165, 1.54) is 16.8 Å². The lowest BCUT2D eigenvalue weighted by atomic mass is 10.2. The van der Waals surface area contributed by atoms with Crippen LogP contribution in [0.3, 0.4) is 0 Å². The Morgan fingerprint density at radius 3 is 2.63 bits per heavy atom. The molecule has 0 spiro atoms. The van der Waals surface area contributed by atoms with Gasteiger partial charge < -0.3 is 10.1 Å². The van der Waals surface area contributed by atoms with Gasteiger partial charge in [-0.15, -0.1) is 0 Å². The van der Waals surface area contributed by atoms with Crippen LogP contribution in [0.25, 0.3) is 0 Å². The zero-order valence-corrected chi connectivity index (χ0v) is 11.8. The molecule has 0 saturated carbocycles. The Bertz CT molecular complexity index is 520. The predicted molar refractivity (Wildman–Crippen MR) is 75.7 cm³/mol. The molecule has 0 saturated heterocycles. The minimum absolute atomic E-state index is 0.491. The highest BCUT2D eigenvalue weighted by Crippen LogP contribution is 2.13. The molecule has 1 N–H and O–H groups in total. The van der Waals surface area contributed by atoms with Crippen molar-refractivity contribution < 1.29 is 4.74 Å². The van der Waals surface area contributed by atoms with Crippen molar-refractivity contribution in [1.82, 2.24) is 15.1 Å². The Hall–Kier alpha value is -1.65. The van der Waals surface area contributed by atoms with E-state index in [9.17, 15) is 0 Å². The topological polar surface area (TPSA) is 39.1 Å². The summed E-state index contributed by atoms with van der Waals surface area (Å²) in [5, 5.41) is 7.68. The first-order chi connectivity index (χ1) is 9.22. The standard InChI is InChI=1S/C15H21N3O/c1-12-15(9-16-3)13(2)18(17-12)11-19-10-14-7-5-4-6-8-14/h4-8,16H,9-11H2,1-3H3. The van der Waals surface area contributed by atoms with Crippen LogP contribution in [0.5, 0.6) is 0 Å². The van der Waals surface area contributed by atoms with Crippen LogP contribution < -0.4 is 5.32 Å². The molecule has 2 rings (SSSR count). The number of aromatic nitrogens is 2. The van der Waals surface area contributed by atoms with E-state index >= 15 is 0 Å². The van der Waals surface area contributed by atoms with Crippen LogP contribution >= 0.6 is 0 Å². The van der Waals surface area contributed by atoms with Crippen LogP contribution in [0, 0.1) is 13.8 Å².